The number of rotatable bonds is 11. The van der Waals surface area contributed by atoms with Crippen LogP contribution >= 0.6 is 0 Å². The summed E-state index contributed by atoms with van der Waals surface area (Å²) in [5.41, 5.74) is 2.90. The molecule has 3 rings (SSSR count). The van der Waals surface area contributed by atoms with Crippen LogP contribution in [-0.2, 0) is 0 Å². The normalized spacial score (nSPS) is 11.9. The van der Waals surface area contributed by atoms with E-state index in [0.717, 1.165) is 42.5 Å². The molecule has 0 saturated carbocycles. The number of methoxy groups -OCH3 is 1. The van der Waals surface area contributed by atoms with E-state index < -0.39 is 0 Å². The van der Waals surface area contributed by atoms with Crippen molar-refractivity contribution in [1.82, 2.24) is 14.9 Å². The summed E-state index contributed by atoms with van der Waals surface area (Å²) >= 11 is 0. The molecule has 2 aromatic carbocycles. The molecule has 0 saturated heterocycles. The van der Waals surface area contributed by atoms with Crippen LogP contribution in [0.25, 0.3) is 11.3 Å². The lowest BCUT2D eigenvalue weighted by molar-refractivity contribution is 0.217. The van der Waals surface area contributed by atoms with Crippen LogP contribution in [-0.4, -0.2) is 48.2 Å². The van der Waals surface area contributed by atoms with Crippen LogP contribution < -0.4 is 14.8 Å². The van der Waals surface area contributed by atoms with Crippen molar-refractivity contribution in [2.75, 3.05) is 38.7 Å². The molecule has 0 aliphatic carbocycles. The van der Waals surface area contributed by atoms with E-state index in [1.54, 1.807) is 19.5 Å². The quantitative estimate of drug-likeness (QED) is 0.469. The smallest absolute Gasteiger partial charge is 0.161 e. The summed E-state index contributed by atoms with van der Waals surface area (Å²) in [7, 11) is 1.65. The van der Waals surface area contributed by atoms with Crippen LogP contribution in [0, 0.1) is 0 Å². The monoisotopic (exact) mass is 420 g/mol. The van der Waals surface area contributed by atoms with Gasteiger partial charge in [0, 0.05) is 18.2 Å². The standard InChI is InChI=1S/C25H32N4O2/c1-5-29(6-2)14-15-31-23-13-12-21(16-24(23)30-4)22-17-26-18-25(28-22)27-19(3)20-10-8-7-9-11-20/h7-13,16-19H,5-6,14-15H2,1-4H3,(H,27,28). The third-order valence-corrected chi connectivity index (χ3v) is 5.32. The molecule has 1 N–H and O–H groups in total. The maximum absolute atomic E-state index is 5.96. The van der Waals surface area contributed by atoms with Crippen LogP contribution in [0.1, 0.15) is 32.4 Å². The van der Waals surface area contributed by atoms with Crippen molar-refractivity contribution in [3.05, 3.63) is 66.5 Å². The second kappa shape index (κ2) is 11.3. The molecule has 0 bridgehead atoms. The first-order valence-corrected chi connectivity index (χ1v) is 10.8. The lowest BCUT2D eigenvalue weighted by atomic mass is 10.1. The number of benzene rings is 2. The van der Waals surface area contributed by atoms with Gasteiger partial charge in [-0.3, -0.25) is 4.98 Å². The topological polar surface area (TPSA) is 59.5 Å². The van der Waals surface area contributed by atoms with E-state index in [9.17, 15) is 0 Å². The van der Waals surface area contributed by atoms with Crippen molar-refractivity contribution < 1.29 is 9.47 Å². The Morgan fingerprint density at radius 2 is 1.77 bits per heavy atom. The number of ether oxygens (including phenoxy) is 2. The van der Waals surface area contributed by atoms with Gasteiger partial charge in [-0.1, -0.05) is 44.2 Å². The van der Waals surface area contributed by atoms with Crippen molar-refractivity contribution in [1.29, 1.82) is 0 Å². The molecular formula is C25H32N4O2. The second-order valence-corrected chi connectivity index (χ2v) is 7.31. The Morgan fingerprint density at radius 3 is 2.48 bits per heavy atom. The predicted molar refractivity (Wildman–Crippen MR) is 126 cm³/mol. The minimum absolute atomic E-state index is 0.127. The van der Waals surface area contributed by atoms with Crippen molar-refractivity contribution in [3.63, 3.8) is 0 Å². The van der Waals surface area contributed by atoms with Crippen LogP contribution in [0.15, 0.2) is 60.9 Å². The third kappa shape index (κ3) is 6.18. The van der Waals surface area contributed by atoms with Crippen LogP contribution in [0.5, 0.6) is 11.5 Å². The minimum atomic E-state index is 0.127. The fraction of sp³-hybridized carbons (Fsp3) is 0.360. The largest absolute Gasteiger partial charge is 0.493 e. The van der Waals surface area contributed by atoms with Gasteiger partial charge in [0.2, 0.25) is 0 Å². The zero-order valence-electron chi connectivity index (χ0n) is 18.8. The Hall–Kier alpha value is -3.12. The zero-order chi connectivity index (χ0) is 22.1. The zero-order valence-corrected chi connectivity index (χ0v) is 18.8. The van der Waals surface area contributed by atoms with E-state index in [1.165, 1.54) is 5.56 Å². The minimum Gasteiger partial charge on any atom is -0.493 e. The van der Waals surface area contributed by atoms with E-state index in [1.807, 2.05) is 36.4 Å². The van der Waals surface area contributed by atoms with Gasteiger partial charge < -0.3 is 19.7 Å². The summed E-state index contributed by atoms with van der Waals surface area (Å²) in [6, 6.07) is 16.3. The van der Waals surface area contributed by atoms with E-state index in [-0.39, 0.29) is 6.04 Å². The highest BCUT2D eigenvalue weighted by Gasteiger charge is 2.11. The molecule has 164 valence electrons. The van der Waals surface area contributed by atoms with Gasteiger partial charge in [-0.25, -0.2) is 4.98 Å². The SMILES string of the molecule is CCN(CC)CCOc1ccc(-c2cncc(NC(C)c3ccccc3)n2)cc1OC. The average molecular weight is 421 g/mol. The van der Waals surface area contributed by atoms with Crippen LogP contribution in [0.2, 0.25) is 0 Å². The van der Waals surface area contributed by atoms with Crippen molar-refractivity contribution in [2.45, 2.75) is 26.8 Å². The highest BCUT2D eigenvalue weighted by atomic mass is 16.5. The molecule has 0 amide bonds. The molecule has 0 radical (unpaired) electrons. The van der Waals surface area contributed by atoms with E-state index >= 15 is 0 Å². The first-order valence-electron chi connectivity index (χ1n) is 10.8. The molecule has 0 fully saturated rings. The molecule has 31 heavy (non-hydrogen) atoms. The lowest BCUT2D eigenvalue weighted by Gasteiger charge is -2.19. The molecule has 0 aliphatic heterocycles. The van der Waals surface area contributed by atoms with Gasteiger partial charge in [0.25, 0.3) is 0 Å². The Bertz CT molecular complexity index is 945. The number of hydrogen-bond acceptors (Lipinski definition) is 6. The van der Waals surface area contributed by atoms with Crippen molar-refractivity contribution in [3.8, 4) is 22.8 Å². The predicted octanol–water partition coefficient (Wildman–Crippen LogP) is 5.05. The van der Waals surface area contributed by atoms with Crippen LogP contribution in [0.3, 0.4) is 0 Å². The molecule has 0 spiro atoms. The van der Waals surface area contributed by atoms with Gasteiger partial charge in [-0.05, 0) is 43.8 Å². The summed E-state index contributed by atoms with van der Waals surface area (Å²) in [5, 5.41) is 3.42. The number of aromatic nitrogens is 2. The molecule has 6 nitrogen and oxygen atoms in total. The number of nitrogens with zero attached hydrogens (tertiary/aromatic N) is 3. The number of nitrogens with one attached hydrogen (secondary N) is 1. The maximum atomic E-state index is 5.96. The third-order valence-electron chi connectivity index (χ3n) is 5.32. The summed E-state index contributed by atoms with van der Waals surface area (Å²) in [4.78, 5) is 11.4. The van der Waals surface area contributed by atoms with E-state index in [4.69, 9.17) is 14.5 Å². The van der Waals surface area contributed by atoms with Gasteiger partial charge in [0.1, 0.15) is 12.4 Å². The Labute approximate surface area is 185 Å². The summed E-state index contributed by atoms with van der Waals surface area (Å²) in [6.07, 6.45) is 3.50. The molecule has 3 aromatic rings. The molecule has 6 heteroatoms. The molecule has 1 heterocycles. The van der Waals surface area contributed by atoms with Gasteiger partial charge in [-0.2, -0.15) is 0 Å². The lowest BCUT2D eigenvalue weighted by Crippen LogP contribution is -2.27. The first-order chi connectivity index (χ1) is 15.1. The van der Waals surface area contributed by atoms with E-state index in [0.29, 0.717) is 12.4 Å². The first kappa shape index (κ1) is 22.6. The molecule has 1 aromatic heterocycles. The molecular weight excluding hydrogens is 388 g/mol. The van der Waals surface area contributed by atoms with Gasteiger partial charge in [-0.15, -0.1) is 0 Å². The number of likely N-dealkylation sites (N-methyl/N-ethyl adjacent to an activating group) is 1. The van der Waals surface area contributed by atoms with Crippen molar-refractivity contribution >= 4 is 5.82 Å². The maximum Gasteiger partial charge on any atom is 0.161 e. The van der Waals surface area contributed by atoms with Gasteiger partial charge in [0.15, 0.2) is 11.5 Å². The van der Waals surface area contributed by atoms with Gasteiger partial charge in [0.05, 0.1) is 25.2 Å². The highest BCUT2D eigenvalue weighted by molar-refractivity contribution is 5.64. The van der Waals surface area contributed by atoms with Crippen LogP contribution in [0.4, 0.5) is 5.82 Å². The Balaban J connectivity index is 1.71. The fourth-order valence-electron chi connectivity index (χ4n) is 3.39. The summed E-state index contributed by atoms with van der Waals surface area (Å²) in [5.74, 6) is 2.15. The number of anilines is 1. The average Bonchev–Trinajstić information content (AvgIpc) is 2.82. The Kier molecular flexibility index (Phi) is 8.24. The molecule has 1 unspecified atom stereocenters. The Morgan fingerprint density at radius 1 is 1.00 bits per heavy atom. The fourth-order valence-corrected chi connectivity index (χ4v) is 3.39. The summed E-state index contributed by atoms with van der Waals surface area (Å²) in [6.45, 7) is 9.96. The molecule has 0 aliphatic rings. The number of hydrogen-bond donors (Lipinski definition) is 1. The highest BCUT2D eigenvalue weighted by Crippen LogP contribution is 2.32. The van der Waals surface area contributed by atoms with Crippen molar-refractivity contribution in [2.24, 2.45) is 0 Å². The van der Waals surface area contributed by atoms with E-state index in [2.05, 4.69) is 48.1 Å². The molecule has 1 atom stereocenters. The van der Waals surface area contributed by atoms with Gasteiger partial charge >= 0.3 is 0 Å². The second-order valence-electron chi connectivity index (χ2n) is 7.31. The summed E-state index contributed by atoms with van der Waals surface area (Å²) < 4.78 is 11.5.